The second-order valence-electron chi connectivity index (χ2n) is 5.54. The standard InChI is InChI=1S/C18H20BrNO/c19-17-6-7-18(16(11-17)8-9-20)21-12-13-4-5-14-2-1-3-15(14)10-13/h4-7,10-11H,1-3,8-9,12,20H2. The van der Waals surface area contributed by atoms with Crippen LogP contribution in [0.3, 0.4) is 0 Å². The van der Waals surface area contributed by atoms with Crippen molar-refractivity contribution in [2.75, 3.05) is 6.54 Å². The van der Waals surface area contributed by atoms with Crippen LogP contribution in [0, 0.1) is 0 Å². The quantitative estimate of drug-likeness (QED) is 0.888. The van der Waals surface area contributed by atoms with Crippen LogP contribution < -0.4 is 10.5 Å². The molecule has 2 N–H and O–H groups in total. The molecule has 1 aliphatic carbocycles. The number of hydrogen-bond acceptors (Lipinski definition) is 2. The Labute approximate surface area is 134 Å². The highest BCUT2D eigenvalue weighted by molar-refractivity contribution is 9.10. The van der Waals surface area contributed by atoms with Crippen LogP contribution >= 0.6 is 15.9 Å². The monoisotopic (exact) mass is 345 g/mol. The van der Waals surface area contributed by atoms with Gasteiger partial charge in [0.25, 0.3) is 0 Å². The molecule has 2 aromatic rings. The van der Waals surface area contributed by atoms with Crippen molar-refractivity contribution in [1.29, 1.82) is 0 Å². The van der Waals surface area contributed by atoms with E-state index in [0.717, 1.165) is 22.2 Å². The molecule has 0 spiro atoms. The van der Waals surface area contributed by atoms with Gasteiger partial charge in [-0.2, -0.15) is 0 Å². The minimum Gasteiger partial charge on any atom is -0.489 e. The maximum absolute atomic E-state index is 6.01. The fourth-order valence-corrected chi connectivity index (χ4v) is 3.32. The third-order valence-corrected chi connectivity index (χ3v) is 4.49. The zero-order chi connectivity index (χ0) is 14.7. The van der Waals surface area contributed by atoms with Crippen molar-refractivity contribution in [3.05, 3.63) is 63.1 Å². The first-order valence-corrected chi connectivity index (χ1v) is 8.27. The van der Waals surface area contributed by atoms with Crippen molar-refractivity contribution in [2.24, 2.45) is 5.73 Å². The Balaban J connectivity index is 1.72. The summed E-state index contributed by atoms with van der Waals surface area (Å²) in [7, 11) is 0. The maximum Gasteiger partial charge on any atom is 0.123 e. The number of nitrogens with two attached hydrogens (primary N) is 1. The Hall–Kier alpha value is -1.32. The summed E-state index contributed by atoms with van der Waals surface area (Å²) < 4.78 is 7.08. The van der Waals surface area contributed by atoms with Gasteiger partial charge >= 0.3 is 0 Å². The Morgan fingerprint density at radius 3 is 2.76 bits per heavy atom. The molecule has 110 valence electrons. The summed E-state index contributed by atoms with van der Waals surface area (Å²) >= 11 is 3.50. The van der Waals surface area contributed by atoms with Gasteiger partial charge in [0, 0.05) is 4.47 Å². The van der Waals surface area contributed by atoms with Crippen LogP contribution in [0.25, 0.3) is 0 Å². The van der Waals surface area contributed by atoms with E-state index in [2.05, 4.69) is 40.2 Å². The van der Waals surface area contributed by atoms with Gasteiger partial charge in [-0.1, -0.05) is 34.1 Å². The molecule has 0 fully saturated rings. The van der Waals surface area contributed by atoms with Gasteiger partial charge in [-0.15, -0.1) is 0 Å². The first-order chi connectivity index (χ1) is 10.3. The summed E-state index contributed by atoms with van der Waals surface area (Å²) in [6.45, 7) is 1.25. The number of hydrogen-bond donors (Lipinski definition) is 1. The Bertz CT molecular complexity index is 639. The van der Waals surface area contributed by atoms with Crippen LogP contribution in [0.2, 0.25) is 0 Å². The smallest absolute Gasteiger partial charge is 0.123 e. The van der Waals surface area contributed by atoms with E-state index in [1.807, 2.05) is 12.1 Å². The second kappa shape index (κ2) is 6.63. The molecule has 0 unspecified atom stereocenters. The number of halogens is 1. The SMILES string of the molecule is NCCc1cc(Br)ccc1OCc1ccc2c(c1)CCC2. The molecule has 0 bridgehead atoms. The lowest BCUT2D eigenvalue weighted by Gasteiger charge is -2.12. The fraction of sp³-hybridized carbons (Fsp3) is 0.333. The summed E-state index contributed by atoms with van der Waals surface area (Å²) in [6.07, 6.45) is 4.55. The van der Waals surface area contributed by atoms with E-state index >= 15 is 0 Å². The predicted octanol–water partition coefficient (Wildman–Crippen LogP) is 4.02. The van der Waals surface area contributed by atoms with Crippen LogP contribution in [-0.4, -0.2) is 6.54 Å². The van der Waals surface area contributed by atoms with Crippen LogP contribution in [-0.2, 0) is 25.9 Å². The first-order valence-electron chi connectivity index (χ1n) is 7.48. The molecule has 0 radical (unpaired) electrons. The molecular formula is C18H20BrNO. The summed E-state index contributed by atoms with van der Waals surface area (Å²) in [6, 6.07) is 12.9. The third kappa shape index (κ3) is 3.47. The maximum atomic E-state index is 6.01. The predicted molar refractivity (Wildman–Crippen MR) is 89.7 cm³/mol. The highest BCUT2D eigenvalue weighted by atomic mass is 79.9. The van der Waals surface area contributed by atoms with E-state index in [1.54, 1.807) is 0 Å². The second-order valence-corrected chi connectivity index (χ2v) is 6.45. The lowest BCUT2D eigenvalue weighted by Crippen LogP contribution is -2.05. The van der Waals surface area contributed by atoms with Crippen LogP contribution in [0.1, 0.15) is 28.7 Å². The first kappa shape index (κ1) is 14.6. The zero-order valence-electron chi connectivity index (χ0n) is 12.1. The molecular weight excluding hydrogens is 326 g/mol. The zero-order valence-corrected chi connectivity index (χ0v) is 13.7. The van der Waals surface area contributed by atoms with Crippen LogP contribution in [0.5, 0.6) is 5.75 Å². The Morgan fingerprint density at radius 1 is 1.05 bits per heavy atom. The third-order valence-electron chi connectivity index (χ3n) is 3.99. The van der Waals surface area contributed by atoms with E-state index in [1.165, 1.54) is 36.0 Å². The lowest BCUT2D eigenvalue weighted by molar-refractivity contribution is 0.303. The molecule has 3 rings (SSSR count). The summed E-state index contributed by atoms with van der Waals surface area (Å²) in [5.41, 5.74) is 11.1. The number of rotatable bonds is 5. The van der Waals surface area contributed by atoms with Gasteiger partial charge in [0.1, 0.15) is 12.4 Å². The summed E-state index contributed by atoms with van der Waals surface area (Å²) in [4.78, 5) is 0. The van der Waals surface area contributed by atoms with Crippen LogP contribution in [0.15, 0.2) is 40.9 Å². The van der Waals surface area contributed by atoms with Crippen molar-refractivity contribution < 1.29 is 4.74 Å². The molecule has 0 saturated carbocycles. The molecule has 21 heavy (non-hydrogen) atoms. The van der Waals surface area contributed by atoms with Crippen molar-refractivity contribution in [2.45, 2.75) is 32.3 Å². The van der Waals surface area contributed by atoms with Gasteiger partial charge in [-0.25, -0.2) is 0 Å². The van der Waals surface area contributed by atoms with Gasteiger partial charge < -0.3 is 10.5 Å². The Morgan fingerprint density at radius 2 is 1.90 bits per heavy atom. The lowest BCUT2D eigenvalue weighted by atomic mass is 10.1. The molecule has 0 saturated heterocycles. The van der Waals surface area contributed by atoms with Crippen molar-refractivity contribution in [3.8, 4) is 5.75 Å². The van der Waals surface area contributed by atoms with Gasteiger partial charge in [0.05, 0.1) is 0 Å². The minimum atomic E-state index is 0.618. The molecule has 1 aliphatic rings. The van der Waals surface area contributed by atoms with Crippen molar-refractivity contribution in [1.82, 2.24) is 0 Å². The Kier molecular flexibility index (Phi) is 4.61. The number of benzene rings is 2. The molecule has 0 atom stereocenters. The number of ether oxygens (including phenoxy) is 1. The fourth-order valence-electron chi connectivity index (χ4n) is 2.92. The topological polar surface area (TPSA) is 35.2 Å². The van der Waals surface area contributed by atoms with E-state index in [-0.39, 0.29) is 0 Å². The number of fused-ring (bicyclic) bond motifs is 1. The van der Waals surface area contributed by atoms with E-state index in [0.29, 0.717) is 13.2 Å². The van der Waals surface area contributed by atoms with E-state index in [4.69, 9.17) is 10.5 Å². The highest BCUT2D eigenvalue weighted by Gasteiger charge is 2.11. The van der Waals surface area contributed by atoms with Crippen molar-refractivity contribution >= 4 is 15.9 Å². The van der Waals surface area contributed by atoms with Gasteiger partial charge in [0.2, 0.25) is 0 Å². The largest absolute Gasteiger partial charge is 0.489 e. The average Bonchev–Trinajstić information content (AvgIpc) is 2.94. The van der Waals surface area contributed by atoms with Gasteiger partial charge in [0.15, 0.2) is 0 Å². The molecule has 2 nitrogen and oxygen atoms in total. The van der Waals surface area contributed by atoms with Crippen LogP contribution in [0.4, 0.5) is 0 Å². The van der Waals surface area contributed by atoms with Crippen molar-refractivity contribution in [3.63, 3.8) is 0 Å². The molecule has 0 heterocycles. The molecule has 0 amide bonds. The van der Waals surface area contributed by atoms with E-state index < -0.39 is 0 Å². The van der Waals surface area contributed by atoms with E-state index in [9.17, 15) is 0 Å². The van der Waals surface area contributed by atoms with Gasteiger partial charge in [-0.3, -0.25) is 0 Å². The molecule has 3 heteroatoms. The highest BCUT2D eigenvalue weighted by Crippen LogP contribution is 2.26. The average molecular weight is 346 g/mol. The normalized spacial score (nSPS) is 13.2. The molecule has 0 aromatic heterocycles. The summed E-state index contributed by atoms with van der Waals surface area (Å²) in [5, 5.41) is 0. The molecule has 0 aliphatic heterocycles. The molecule has 2 aromatic carbocycles. The minimum absolute atomic E-state index is 0.618. The summed E-state index contributed by atoms with van der Waals surface area (Å²) in [5.74, 6) is 0.934. The number of aryl methyl sites for hydroxylation is 2. The van der Waals surface area contributed by atoms with Gasteiger partial charge in [-0.05, 0) is 72.7 Å².